The largest absolute Gasteiger partial charge is 0.348 e. The van der Waals surface area contributed by atoms with Crippen molar-refractivity contribution in [3.63, 3.8) is 0 Å². The Morgan fingerprint density at radius 2 is 2.58 bits per heavy atom. The zero-order valence-corrected chi connectivity index (χ0v) is 6.87. The molecular weight excluding hydrogens is 154 g/mol. The molecule has 0 radical (unpaired) electrons. The van der Waals surface area contributed by atoms with Crippen molar-refractivity contribution >= 4 is 5.91 Å². The maximum absolute atomic E-state index is 11.3. The summed E-state index contributed by atoms with van der Waals surface area (Å²) in [5, 5.41) is 9.22. The van der Waals surface area contributed by atoms with Crippen LogP contribution in [0.4, 0.5) is 0 Å². The summed E-state index contributed by atoms with van der Waals surface area (Å²) >= 11 is 0. The minimum absolute atomic E-state index is 0.0538. The van der Waals surface area contributed by atoms with Gasteiger partial charge in [-0.05, 0) is 18.4 Å². The predicted molar refractivity (Wildman–Crippen MR) is 43.6 cm³/mol. The lowest BCUT2D eigenvalue weighted by Gasteiger charge is -1.99. The van der Waals surface area contributed by atoms with Crippen molar-refractivity contribution in [3.8, 4) is 0 Å². The lowest BCUT2D eigenvalue weighted by molar-refractivity contribution is 0.0944. The maximum Gasteiger partial charge on any atom is 0.269 e. The molecule has 0 saturated heterocycles. The molecule has 12 heavy (non-hydrogen) atoms. The molecule has 64 valence electrons. The number of carbonyl (C=O) groups excluding carboxylic acids is 1. The summed E-state index contributed by atoms with van der Waals surface area (Å²) in [5.41, 5.74) is 0.536. The predicted octanol–water partition coefficient (Wildman–Crippen LogP) is 0.548. The Morgan fingerprint density at radius 1 is 1.83 bits per heavy atom. The number of nitrogens with zero attached hydrogens (tertiary/aromatic N) is 1. The molecule has 1 aromatic rings. The summed E-state index contributed by atoms with van der Waals surface area (Å²) in [6.45, 7) is 2.12. The second kappa shape index (κ2) is 2.62. The van der Waals surface area contributed by atoms with Gasteiger partial charge in [0.2, 0.25) is 0 Å². The summed E-state index contributed by atoms with van der Waals surface area (Å²) in [5.74, 6) is 0.582. The molecule has 1 fully saturated rings. The Kier molecular flexibility index (Phi) is 1.60. The number of nitrogens with one attached hydrogen (secondary N) is 2. The first-order chi connectivity index (χ1) is 5.77. The summed E-state index contributed by atoms with van der Waals surface area (Å²) in [4.78, 5) is 11.3. The number of amides is 1. The van der Waals surface area contributed by atoms with Gasteiger partial charge in [-0.2, -0.15) is 5.10 Å². The van der Waals surface area contributed by atoms with Crippen molar-refractivity contribution in [3.05, 3.63) is 18.0 Å². The minimum atomic E-state index is -0.0538. The third kappa shape index (κ3) is 1.32. The molecule has 0 bridgehead atoms. The highest BCUT2D eigenvalue weighted by molar-refractivity contribution is 5.92. The SMILES string of the molecule is C[C@@H]1C[C@H]1NC(=O)c1ccn[nH]1. The lowest BCUT2D eigenvalue weighted by Crippen LogP contribution is -2.26. The molecule has 0 unspecified atom stereocenters. The quantitative estimate of drug-likeness (QED) is 0.672. The van der Waals surface area contributed by atoms with Crippen molar-refractivity contribution in [1.82, 2.24) is 15.5 Å². The second-order valence-electron chi connectivity index (χ2n) is 3.26. The van der Waals surface area contributed by atoms with Gasteiger partial charge in [-0.15, -0.1) is 0 Å². The van der Waals surface area contributed by atoms with E-state index in [2.05, 4.69) is 22.4 Å². The monoisotopic (exact) mass is 165 g/mol. The van der Waals surface area contributed by atoms with Crippen molar-refractivity contribution in [2.24, 2.45) is 5.92 Å². The van der Waals surface area contributed by atoms with Crippen LogP contribution < -0.4 is 5.32 Å². The minimum Gasteiger partial charge on any atom is -0.348 e. The Labute approximate surface area is 70.4 Å². The van der Waals surface area contributed by atoms with E-state index in [1.807, 2.05) is 0 Å². The van der Waals surface area contributed by atoms with Crippen LogP contribution >= 0.6 is 0 Å². The molecule has 0 spiro atoms. The fourth-order valence-electron chi connectivity index (χ4n) is 1.15. The lowest BCUT2D eigenvalue weighted by atomic mass is 10.4. The van der Waals surface area contributed by atoms with E-state index in [1.165, 1.54) is 0 Å². The average Bonchev–Trinajstić information content (AvgIpc) is 2.58. The van der Waals surface area contributed by atoms with E-state index in [1.54, 1.807) is 12.3 Å². The molecule has 0 aromatic carbocycles. The smallest absolute Gasteiger partial charge is 0.269 e. The average molecular weight is 165 g/mol. The van der Waals surface area contributed by atoms with Gasteiger partial charge >= 0.3 is 0 Å². The molecule has 0 aliphatic heterocycles. The fraction of sp³-hybridized carbons (Fsp3) is 0.500. The molecule has 1 aliphatic carbocycles. The van der Waals surface area contributed by atoms with E-state index in [-0.39, 0.29) is 5.91 Å². The number of aromatic nitrogens is 2. The molecule has 2 atom stereocenters. The first-order valence-electron chi connectivity index (χ1n) is 4.07. The topological polar surface area (TPSA) is 57.8 Å². The Balaban J connectivity index is 1.93. The van der Waals surface area contributed by atoms with Crippen molar-refractivity contribution < 1.29 is 4.79 Å². The Morgan fingerprint density at radius 3 is 3.08 bits per heavy atom. The van der Waals surface area contributed by atoms with Crippen LogP contribution in [-0.2, 0) is 0 Å². The molecule has 1 aliphatic rings. The highest BCUT2D eigenvalue weighted by atomic mass is 16.2. The van der Waals surface area contributed by atoms with Gasteiger partial charge in [0.25, 0.3) is 5.91 Å². The van der Waals surface area contributed by atoms with E-state index in [0.717, 1.165) is 6.42 Å². The second-order valence-corrected chi connectivity index (χ2v) is 3.26. The van der Waals surface area contributed by atoms with Crippen molar-refractivity contribution in [2.75, 3.05) is 0 Å². The van der Waals surface area contributed by atoms with Crippen molar-refractivity contribution in [2.45, 2.75) is 19.4 Å². The van der Waals surface area contributed by atoms with E-state index < -0.39 is 0 Å². The highest BCUT2D eigenvalue weighted by Gasteiger charge is 2.34. The number of hydrogen-bond donors (Lipinski definition) is 2. The van der Waals surface area contributed by atoms with Crippen LogP contribution in [-0.4, -0.2) is 22.1 Å². The molecule has 1 saturated carbocycles. The third-order valence-corrected chi connectivity index (χ3v) is 2.17. The van der Waals surface area contributed by atoms with Crippen LogP contribution in [0.15, 0.2) is 12.3 Å². The molecule has 4 heteroatoms. The van der Waals surface area contributed by atoms with Crippen LogP contribution in [0, 0.1) is 5.92 Å². The highest BCUT2D eigenvalue weighted by Crippen LogP contribution is 2.29. The van der Waals surface area contributed by atoms with Gasteiger partial charge in [0, 0.05) is 12.2 Å². The van der Waals surface area contributed by atoms with Crippen LogP contribution in [0.25, 0.3) is 0 Å². The molecule has 1 amide bonds. The van der Waals surface area contributed by atoms with E-state index in [9.17, 15) is 4.79 Å². The summed E-state index contributed by atoms with van der Waals surface area (Å²) < 4.78 is 0. The van der Waals surface area contributed by atoms with Crippen LogP contribution in [0.3, 0.4) is 0 Å². The van der Waals surface area contributed by atoms with E-state index in [4.69, 9.17) is 0 Å². The van der Waals surface area contributed by atoms with Gasteiger partial charge in [0.05, 0.1) is 0 Å². The van der Waals surface area contributed by atoms with Gasteiger partial charge in [-0.1, -0.05) is 6.92 Å². The number of carbonyl (C=O) groups is 1. The van der Waals surface area contributed by atoms with Crippen molar-refractivity contribution in [1.29, 1.82) is 0 Å². The molecular formula is C8H11N3O. The molecule has 4 nitrogen and oxygen atoms in total. The summed E-state index contributed by atoms with van der Waals surface area (Å²) in [6, 6.07) is 2.04. The number of aromatic amines is 1. The number of hydrogen-bond acceptors (Lipinski definition) is 2. The molecule has 1 heterocycles. The van der Waals surface area contributed by atoms with Gasteiger partial charge in [0.15, 0.2) is 0 Å². The normalized spacial score (nSPS) is 26.8. The number of H-pyrrole nitrogens is 1. The van der Waals surface area contributed by atoms with E-state index in [0.29, 0.717) is 17.7 Å². The first-order valence-corrected chi connectivity index (χ1v) is 4.07. The zero-order chi connectivity index (χ0) is 8.55. The maximum atomic E-state index is 11.3. The standard InChI is InChI=1S/C8H11N3O/c1-5-4-7(5)10-8(12)6-2-3-9-11-6/h2-3,5,7H,4H2,1H3,(H,9,11)(H,10,12)/t5-,7-/m1/s1. The zero-order valence-electron chi connectivity index (χ0n) is 6.87. The van der Waals surface area contributed by atoms with Gasteiger partial charge < -0.3 is 5.32 Å². The fourth-order valence-corrected chi connectivity index (χ4v) is 1.15. The molecule has 2 rings (SSSR count). The third-order valence-electron chi connectivity index (χ3n) is 2.17. The number of rotatable bonds is 2. The van der Waals surface area contributed by atoms with Gasteiger partial charge in [0.1, 0.15) is 5.69 Å². The van der Waals surface area contributed by atoms with Crippen LogP contribution in [0.1, 0.15) is 23.8 Å². The summed E-state index contributed by atoms with van der Waals surface area (Å²) in [6.07, 6.45) is 2.67. The van der Waals surface area contributed by atoms with Gasteiger partial charge in [-0.25, -0.2) is 0 Å². The molecule has 1 aromatic heterocycles. The van der Waals surface area contributed by atoms with Crippen LogP contribution in [0.2, 0.25) is 0 Å². The van der Waals surface area contributed by atoms with E-state index >= 15 is 0 Å². The van der Waals surface area contributed by atoms with Gasteiger partial charge in [-0.3, -0.25) is 9.89 Å². The molecule has 2 N–H and O–H groups in total. The summed E-state index contributed by atoms with van der Waals surface area (Å²) in [7, 11) is 0. The first kappa shape index (κ1) is 7.34. The van der Waals surface area contributed by atoms with Crippen LogP contribution in [0.5, 0.6) is 0 Å². The Bertz CT molecular complexity index is 281. The Hall–Kier alpha value is -1.32.